The van der Waals surface area contributed by atoms with Gasteiger partial charge in [0.05, 0.1) is 15.6 Å². The van der Waals surface area contributed by atoms with Gasteiger partial charge in [-0.2, -0.15) is 0 Å². The molecule has 1 saturated heterocycles. The van der Waals surface area contributed by atoms with Crippen LogP contribution in [0.15, 0.2) is 45.8 Å². The minimum absolute atomic E-state index is 0.118. The summed E-state index contributed by atoms with van der Waals surface area (Å²) < 4.78 is 13.4. The van der Waals surface area contributed by atoms with E-state index in [1.165, 1.54) is 4.90 Å². The van der Waals surface area contributed by atoms with E-state index < -0.39 is 0 Å². The molecule has 1 aliphatic rings. The number of imide groups is 1. The number of rotatable bonds is 7. The summed E-state index contributed by atoms with van der Waals surface area (Å²) in [5.74, 6) is 0.973. The summed E-state index contributed by atoms with van der Waals surface area (Å²) in [6.45, 7) is 4.24. The number of amides is 2. The lowest BCUT2D eigenvalue weighted by atomic mass is 10.1. The quantitative estimate of drug-likeness (QED) is 0.269. The number of methoxy groups -OCH3 is 1. The largest absolute Gasteiger partial charge is 0.493 e. The number of hydrogen-bond donors (Lipinski definition) is 0. The molecule has 2 aromatic carbocycles. The van der Waals surface area contributed by atoms with E-state index in [1.54, 1.807) is 13.2 Å². The SMILES string of the molecule is CC[C@H](C)N1C(=O)S/C(=C/c2cc(I)c(OCc3ccc(Br)cc3)c(OC)c2)C1=O. The van der Waals surface area contributed by atoms with Crippen LogP contribution in [0.5, 0.6) is 11.5 Å². The lowest BCUT2D eigenvalue weighted by molar-refractivity contribution is -0.124. The predicted octanol–water partition coefficient (Wildman–Crippen LogP) is 6.48. The van der Waals surface area contributed by atoms with E-state index in [1.807, 2.05) is 50.2 Å². The van der Waals surface area contributed by atoms with E-state index >= 15 is 0 Å². The Morgan fingerprint density at radius 3 is 2.57 bits per heavy atom. The van der Waals surface area contributed by atoms with E-state index in [9.17, 15) is 9.59 Å². The Kier molecular flexibility index (Phi) is 7.86. The van der Waals surface area contributed by atoms with Crippen LogP contribution in [0.4, 0.5) is 4.79 Å². The minimum Gasteiger partial charge on any atom is -0.493 e. The number of nitrogens with zero attached hydrogens (tertiary/aromatic N) is 1. The van der Waals surface area contributed by atoms with Gasteiger partial charge >= 0.3 is 0 Å². The lowest BCUT2D eigenvalue weighted by Crippen LogP contribution is -2.36. The van der Waals surface area contributed by atoms with Crippen LogP contribution in [0.2, 0.25) is 0 Å². The second-order valence-corrected chi connectivity index (χ2v) is 9.83. The summed E-state index contributed by atoms with van der Waals surface area (Å²) in [5, 5.41) is -0.225. The molecule has 30 heavy (non-hydrogen) atoms. The number of ether oxygens (including phenoxy) is 2. The van der Waals surface area contributed by atoms with Crippen LogP contribution in [-0.2, 0) is 11.4 Å². The van der Waals surface area contributed by atoms with E-state index in [-0.39, 0.29) is 17.2 Å². The fraction of sp³-hybridized carbons (Fsp3) is 0.273. The van der Waals surface area contributed by atoms with Crippen molar-refractivity contribution in [1.29, 1.82) is 0 Å². The Balaban J connectivity index is 1.83. The van der Waals surface area contributed by atoms with E-state index in [4.69, 9.17) is 9.47 Å². The van der Waals surface area contributed by atoms with Gasteiger partial charge in [-0.05, 0) is 89.2 Å². The molecule has 8 heteroatoms. The summed E-state index contributed by atoms with van der Waals surface area (Å²) in [7, 11) is 1.58. The fourth-order valence-corrected chi connectivity index (χ4v) is 4.87. The third-order valence-electron chi connectivity index (χ3n) is 4.70. The van der Waals surface area contributed by atoms with Gasteiger partial charge in [-0.15, -0.1) is 0 Å². The number of hydrogen-bond acceptors (Lipinski definition) is 5. The van der Waals surface area contributed by atoms with Gasteiger partial charge in [0.25, 0.3) is 11.1 Å². The molecule has 2 aromatic rings. The van der Waals surface area contributed by atoms with Crippen LogP contribution in [0, 0.1) is 3.57 Å². The highest BCUT2D eigenvalue weighted by atomic mass is 127. The maximum Gasteiger partial charge on any atom is 0.293 e. The van der Waals surface area contributed by atoms with Crippen molar-refractivity contribution in [3.8, 4) is 11.5 Å². The first kappa shape index (κ1) is 23.1. The van der Waals surface area contributed by atoms with Crippen molar-refractivity contribution in [1.82, 2.24) is 4.90 Å². The molecular formula is C22H21BrINO4S. The maximum atomic E-state index is 12.7. The molecule has 0 saturated carbocycles. The highest BCUT2D eigenvalue weighted by Gasteiger charge is 2.37. The predicted molar refractivity (Wildman–Crippen MR) is 132 cm³/mol. The van der Waals surface area contributed by atoms with Gasteiger partial charge in [-0.1, -0.05) is 35.0 Å². The Morgan fingerprint density at radius 2 is 1.93 bits per heavy atom. The Morgan fingerprint density at radius 1 is 1.23 bits per heavy atom. The molecule has 0 spiro atoms. The standard InChI is InChI=1S/C22H21BrINO4S/c1-4-13(2)25-21(26)19(30-22(25)27)11-15-9-17(24)20(18(10-15)28-3)29-12-14-5-7-16(23)8-6-14/h5-11,13H,4,12H2,1-3H3/b19-11+/t13-/m0/s1. The van der Waals surface area contributed by atoms with Gasteiger partial charge in [-0.25, -0.2) is 0 Å². The van der Waals surface area contributed by atoms with Crippen LogP contribution in [-0.4, -0.2) is 29.2 Å². The summed E-state index contributed by atoms with van der Waals surface area (Å²) >= 11 is 6.59. The third-order valence-corrected chi connectivity index (χ3v) is 6.91. The molecule has 0 radical (unpaired) electrons. The first-order chi connectivity index (χ1) is 14.3. The molecule has 158 valence electrons. The maximum absolute atomic E-state index is 12.7. The van der Waals surface area contributed by atoms with Gasteiger partial charge in [-0.3, -0.25) is 14.5 Å². The van der Waals surface area contributed by atoms with Gasteiger partial charge < -0.3 is 9.47 Å². The molecule has 0 aromatic heterocycles. The van der Waals surface area contributed by atoms with E-state index in [0.29, 0.717) is 23.0 Å². The first-order valence-electron chi connectivity index (χ1n) is 9.35. The zero-order valence-corrected chi connectivity index (χ0v) is 21.3. The van der Waals surface area contributed by atoms with Crippen LogP contribution in [0.25, 0.3) is 6.08 Å². The highest BCUT2D eigenvalue weighted by Crippen LogP contribution is 2.38. The Labute approximate surface area is 202 Å². The van der Waals surface area contributed by atoms with E-state index in [0.717, 1.165) is 37.4 Å². The number of benzene rings is 2. The Hall–Kier alpha value is -1.52. The van der Waals surface area contributed by atoms with Gasteiger partial charge in [0, 0.05) is 10.5 Å². The smallest absolute Gasteiger partial charge is 0.293 e. The van der Waals surface area contributed by atoms with Crippen molar-refractivity contribution in [3.63, 3.8) is 0 Å². The van der Waals surface area contributed by atoms with Crippen LogP contribution < -0.4 is 9.47 Å². The van der Waals surface area contributed by atoms with Crippen LogP contribution >= 0.6 is 50.3 Å². The third kappa shape index (κ3) is 5.20. The van der Waals surface area contributed by atoms with Crippen molar-refractivity contribution in [2.75, 3.05) is 7.11 Å². The van der Waals surface area contributed by atoms with Crippen LogP contribution in [0.1, 0.15) is 31.4 Å². The molecule has 1 fully saturated rings. The summed E-state index contributed by atoms with van der Waals surface area (Å²) in [6.07, 6.45) is 2.46. The molecule has 3 rings (SSSR count). The number of thioether (sulfide) groups is 1. The molecule has 0 unspecified atom stereocenters. The summed E-state index contributed by atoms with van der Waals surface area (Å²) in [5.41, 5.74) is 1.82. The number of carbonyl (C=O) groups excluding carboxylic acids is 2. The molecule has 0 aliphatic carbocycles. The van der Waals surface area contributed by atoms with Gasteiger partial charge in [0.15, 0.2) is 11.5 Å². The van der Waals surface area contributed by atoms with Crippen molar-refractivity contribution < 1.29 is 19.1 Å². The zero-order valence-electron chi connectivity index (χ0n) is 16.8. The molecule has 0 bridgehead atoms. The first-order valence-corrected chi connectivity index (χ1v) is 12.0. The van der Waals surface area contributed by atoms with E-state index in [2.05, 4.69) is 38.5 Å². The van der Waals surface area contributed by atoms with Crippen molar-refractivity contribution >= 4 is 67.5 Å². The summed E-state index contributed by atoms with van der Waals surface area (Å²) in [6, 6.07) is 11.5. The average molecular weight is 602 g/mol. The van der Waals surface area contributed by atoms with Crippen LogP contribution in [0.3, 0.4) is 0 Å². The second-order valence-electron chi connectivity index (χ2n) is 6.76. The number of carbonyl (C=O) groups is 2. The highest BCUT2D eigenvalue weighted by molar-refractivity contribution is 14.1. The molecular weight excluding hydrogens is 581 g/mol. The molecule has 1 atom stereocenters. The lowest BCUT2D eigenvalue weighted by Gasteiger charge is -2.19. The molecule has 2 amide bonds. The van der Waals surface area contributed by atoms with Gasteiger partial charge in [0.2, 0.25) is 0 Å². The zero-order chi connectivity index (χ0) is 21.8. The minimum atomic E-state index is -0.246. The average Bonchev–Trinajstić information content (AvgIpc) is 3.00. The normalized spacial score (nSPS) is 16.3. The monoisotopic (exact) mass is 601 g/mol. The van der Waals surface area contributed by atoms with Crippen molar-refractivity contribution in [2.45, 2.75) is 32.9 Å². The molecule has 0 N–H and O–H groups in total. The molecule has 1 aliphatic heterocycles. The van der Waals surface area contributed by atoms with Gasteiger partial charge in [0.1, 0.15) is 6.61 Å². The molecule has 1 heterocycles. The Bertz CT molecular complexity index is 993. The van der Waals surface area contributed by atoms with Crippen molar-refractivity contribution in [2.24, 2.45) is 0 Å². The topological polar surface area (TPSA) is 55.8 Å². The number of halogens is 2. The second kappa shape index (κ2) is 10.2. The fourth-order valence-electron chi connectivity index (χ4n) is 2.89. The summed E-state index contributed by atoms with van der Waals surface area (Å²) in [4.78, 5) is 26.7. The van der Waals surface area contributed by atoms with Crippen molar-refractivity contribution in [3.05, 3.63) is 60.5 Å². The molecule has 5 nitrogen and oxygen atoms in total.